The first kappa shape index (κ1) is 18.7. The second-order valence-corrected chi connectivity index (χ2v) is 6.50. The maximum absolute atomic E-state index is 12.9. The molecule has 7 heteroatoms. The Morgan fingerprint density at radius 1 is 0.963 bits per heavy atom. The molecule has 6 nitrogen and oxygen atoms in total. The number of benzene rings is 2. The Morgan fingerprint density at radius 2 is 1.67 bits per heavy atom. The van der Waals surface area contributed by atoms with Crippen molar-refractivity contribution in [3.8, 4) is 27.8 Å². The van der Waals surface area contributed by atoms with Gasteiger partial charge in [-0.25, -0.2) is 4.98 Å². The van der Waals surface area contributed by atoms with Crippen LogP contribution in [0.4, 0.5) is 5.69 Å². The number of rotatable bonds is 6. The first-order valence-electron chi connectivity index (χ1n) is 8.18. The maximum atomic E-state index is 12.9. The summed E-state index contributed by atoms with van der Waals surface area (Å²) in [6, 6.07) is 12.9. The number of anilines is 1. The van der Waals surface area contributed by atoms with Gasteiger partial charge >= 0.3 is 0 Å². The van der Waals surface area contributed by atoms with Crippen molar-refractivity contribution in [2.75, 3.05) is 33.3 Å². The Balaban J connectivity index is 1.87. The van der Waals surface area contributed by atoms with Crippen molar-refractivity contribution in [1.29, 1.82) is 0 Å². The van der Waals surface area contributed by atoms with Crippen LogP contribution in [0.15, 0.2) is 47.8 Å². The van der Waals surface area contributed by atoms with Crippen molar-refractivity contribution in [3.05, 3.63) is 53.5 Å². The molecule has 3 rings (SSSR count). The molecule has 2 aromatic carbocycles. The average Bonchev–Trinajstić information content (AvgIpc) is 3.22. The topological polar surface area (TPSA) is 60.9 Å². The van der Waals surface area contributed by atoms with Crippen molar-refractivity contribution >= 4 is 22.9 Å². The van der Waals surface area contributed by atoms with Gasteiger partial charge in [-0.2, -0.15) is 0 Å². The van der Waals surface area contributed by atoms with Crippen LogP contribution < -0.4 is 19.1 Å². The average molecular weight is 384 g/mol. The van der Waals surface area contributed by atoms with Gasteiger partial charge in [0.05, 0.1) is 26.9 Å². The van der Waals surface area contributed by atoms with Gasteiger partial charge in [0.1, 0.15) is 16.5 Å². The summed E-state index contributed by atoms with van der Waals surface area (Å²) in [5.74, 6) is 1.68. The number of aromatic nitrogens is 1. The van der Waals surface area contributed by atoms with Gasteiger partial charge in [0.2, 0.25) is 0 Å². The number of hydrogen-bond acceptors (Lipinski definition) is 6. The minimum Gasteiger partial charge on any atom is -0.496 e. The predicted molar refractivity (Wildman–Crippen MR) is 106 cm³/mol. The lowest BCUT2D eigenvalue weighted by atomic mass is 10.2. The minimum absolute atomic E-state index is 0.209. The molecule has 0 fully saturated rings. The van der Waals surface area contributed by atoms with Crippen molar-refractivity contribution in [3.63, 3.8) is 0 Å². The highest BCUT2D eigenvalue weighted by molar-refractivity contribution is 7.13. The molecule has 1 aromatic heterocycles. The van der Waals surface area contributed by atoms with Gasteiger partial charge in [-0.05, 0) is 24.3 Å². The van der Waals surface area contributed by atoms with Crippen LogP contribution in [0.1, 0.15) is 10.5 Å². The zero-order chi connectivity index (χ0) is 19.4. The molecule has 0 spiro atoms. The summed E-state index contributed by atoms with van der Waals surface area (Å²) in [6.07, 6.45) is 0. The molecule has 0 radical (unpaired) electrons. The molecule has 27 heavy (non-hydrogen) atoms. The van der Waals surface area contributed by atoms with Crippen LogP contribution in [0.2, 0.25) is 0 Å². The van der Waals surface area contributed by atoms with Gasteiger partial charge in [0, 0.05) is 24.2 Å². The third kappa shape index (κ3) is 3.73. The van der Waals surface area contributed by atoms with Crippen molar-refractivity contribution in [2.45, 2.75) is 0 Å². The molecule has 0 N–H and O–H groups in total. The monoisotopic (exact) mass is 384 g/mol. The van der Waals surface area contributed by atoms with Crippen LogP contribution in [-0.4, -0.2) is 39.3 Å². The summed E-state index contributed by atoms with van der Waals surface area (Å²) >= 11 is 1.40. The molecule has 0 saturated carbocycles. The fraction of sp³-hybridized carbons (Fsp3) is 0.200. The summed E-state index contributed by atoms with van der Waals surface area (Å²) in [6.45, 7) is 0. The summed E-state index contributed by atoms with van der Waals surface area (Å²) in [4.78, 5) is 18.9. The third-order valence-corrected chi connectivity index (χ3v) is 5.00. The Kier molecular flexibility index (Phi) is 5.61. The SMILES string of the molecule is COc1ccc(N(C)C(=O)c2csc(-c3ccccc3OC)n2)cc1OC. The number of thiazole rings is 1. The van der Waals surface area contributed by atoms with E-state index in [0.717, 1.165) is 16.3 Å². The molecule has 1 heterocycles. The van der Waals surface area contributed by atoms with E-state index in [4.69, 9.17) is 14.2 Å². The molecule has 3 aromatic rings. The third-order valence-electron chi connectivity index (χ3n) is 4.12. The lowest BCUT2D eigenvalue weighted by Gasteiger charge is -2.18. The largest absolute Gasteiger partial charge is 0.496 e. The fourth-order valence-electron chi connectivity index (χ4n) is 2.64. The first-order valence-corrected chi connectivity index (χ1v) is 9.06. The van der Waals surface area contributed by atoms with Crippen LogP contribution in [0, 0.1) is 0 Å². The number of methoxy groups -OCH3 is 3. The quantitative estimate of drug-likeness (QED) is 0.640. The van der Waals surface area contributed by atoms with Crippen LogP contribution in [0.3, 0.4) is 0 Å². The van der Waals surface area contributed by atoms with E-state index in [0.29, 0.717) is 22.9 Å². The van der Waals surface area contributed by atoms with Gasteiger partial charge in [-0.1, -0.05) is 12.1 Å². The van der Waals surface area contributed by atoms with Crippen molar-refractivity contribution in [2.24, 2.45) is 0 Å². The summed E-state index contributed by atoms with van der Waals surface area (Å²) in [5, 5.41) is 2.48. The molecule has 0 aliphatic heterocycles. The predicted octanol–water partition coefficient (Wildman–Crippen LogP) is 4.11. The van der Waals surface area contributed by atoms with Crippen LogP contribution in [0.5, 0.6) is 17.2 Å². The summed E-state index contributed by atoms with van der Waals surface area (Å²) in [7, 11) is 6.44. The van der Waals surface area contributed by atoms with Crippen LogP contribution in [-0.2, 0) is 0 Å². The van der Waals surface area contributed by atoms with E-state index >= 15 is 0 Å². The number of amides is 1. The Labute approximate surface area is 161 Å². The highest BCUT2D eigenvalue weighted by Crippen LogP contribution is 2.34. The second-order valence-electron chi connectivity index (χ2n) is 5.64. The van der Waals surface area contributed by atoms with Gasteiger partial charge in [0.25, 0.3) is 5.91 Å². The van der Waals surface area contributed by atoms with E-state index in [1.54, 1.807) is 52.0 Å². The fourth-order valence-corrected chi connectivity index (χ4v) is 3.46. The highest BCUT2D eigenvalue weighted by atomic mass is 32.1. The lowest BCUT2D eigenvalue weighted by molar-refractivity contribution is 0.0989. The smallest absolute Gasteiger partial charge is 0.277 e. The van der Waals surface area contributed by atoms with Crippen molar-refractivity contribution in [1.82, 2.24) is 4.98 Å². The maximum Gasteiger partial charge on any atom is 0.277 e. The molecular weight excluding hydrogens is 364 g/mol. The minimum atomic E-state index is -0.209. The Morgan fingerprint density at radius 3 is 2.37 bits per heavy atom. The molecule has 0 saturated heterocycles. The first-order chi connectivity index (χ1) is 13.1. The van der Waals surface area contributed by atoms with E-state index in [9.17, 15) is 4.79 Å². The van der Waals surface area contributed by atoms with Gasteiger partial charge in [-0.3, -0.25) is 4.79 Å². The number of carbonyl (C=O) groups is 1. The van der Waals surface area contributed by atoms with Gasteiger partial charge in [0.15, 0.2) is 11.5 Å². The van der Waals surface area contributed by atoms with E-state index in [-0.39, 0.29) is 5.91 Å². The van der Waals surface area contributed by atoms with Crippen LogP contribution in [0.25, 0.3) is 10.6 Å². The summed E-state index contributed by atoms with van der Waals surface area (Å²) < 4.78 is 15.9. The zero-order valence-electron chi connectivity index (χ0n) is 15.6. The molecule has 0 bridgehead atoms. The summed E-state index contributed by atoms with van der Waals surface area (Å²) in [5.41, 5.74) is 1.92. The van der Waals surface area contributed by atoms with E-state index < -0.39 is 0 Å². The Bertz CT molecular complexity index is 955. The normalized spacial score (nSPS) is 10.4. The van der Waals surface area contributed by atoms with E-state index in [1.165, 1.54) is 16.2 Å². The lowest BCUT2D eigenvalue weighted by Crippen LogP contribution is -2.26. The molecule has 0 atom stereocenters. The molecule has 140 valence electrons. The molecule has 1 amide bonds. The Hall–Kier alpha value is -3.06. The van der Waals surface area contributed by atoms with Crippen LogP contribution >= 0.6 is 11.3 Å². The molecule has 0 aliphatic rings. The zero-order valence-corrected chi connectivity index (χ0v) is 16.4. The number of carbonyl (C=O) groups excluding carboxylic acids is 1. The van der Waals surface area contributed by atoms with Crippen molar-refractivity contribution < 1.29 is 19.0 Å². The molecule has 0 aliphatic carbocycles. The number of para-hydroxylation sites is 1. The number of nitrogens with zero attached hydrogens (tertiary/aromatic N) is 2. The van der Waals surface area contributed by atoms with Gasteiger partial charge < -0.3 is 19.1 Å². The van der Waals surface area contributed by atoms with Gasteiger partial charge in [-0.15, -0.1) is 11.3 Å². The second kappa shape index (κ2) is 8.09. The van der Waals surface area contributed by atoms with E-state index in [1.807, 2.05) is 24.3 Å². The highest BCUT2D eigenvalue weighted by Gasteiger charge is 2.19. The number of hydrogen-bond donors (Lipinski definition) is 0. The van der Waals surface area contributed by atoms with E-state index in [2.05, 4.69) is 4.98 Å². The molecule has 0 unspecified atom stereocenters. The standard InChI is InChI=1S/C20H20N2O4S/c1-22(13-9-10-17(25-3)18(11-13)26-4)20(23)15-12-27-19(21-15)14-7-5-6-8-16(14)24-2/h5-12H,1-4H3. The molecular formula is C20H20N2O4S. The number of ether oxygens (including phenoxy) is 3.